The molecule has 1 aliphatic heterocycles. The van der Waals surface area contributed by atoms with Crippen molar-refractivity contribution in [3.05, 3.63) is 24.3 Å². The number of quaternary nitrogens is 1. The van der Waals surface area contributed by atoms with Crippen LogP contribution in [-0.4, -0.2) is 62.9 Å². The lowest BCUT2D eigenvalue weighted by atomic mass is 10.3. The molecule has 1 aromatic rings. The summed E-state index contributed by atoms with van der Waals surface area (Å²) in [5.74, 6) is 0. The number of rotatable bonds is 4. The molecule has 1 fully saturated rings. The molecule has 0 aliphatic carbocycles. The minimum Gasteiger partial charge on any atom is -0.391 e. The number of thiocarbonyl (C=S) groups is 1. The second kappa shape index (κ2) is 7.34. The van der Waals surface area contributed by atoms with E-state index in [0.717, 1.165) is 38.4 Å². The van der Waals surface area contributed by atoms with Crippen molar-refractivity contribution in [1.29, 1.82) is 0 Å². The zero-order valence-electron chi connectivity index (χ0n) is 12.2. The molecular weight excluding hydrogens is 324 g/mol. The Hall–Kier alpha value is -1.26. The predicted octanol–water partition coefficient (Wildman–Crippen LogP) is -1.78. The number of piperazine rings is 1. The predicted molar refractivity (Wildman–Crippen MR) is 88.3 cm³/mol. The second-order valence-corrected chi connectivity index (χ2v) is 7.16. The summed E-state index contributed by atoms with van der Waals surface area (Å²) >= 11 is 5.38. The van der Waals surface area contributed by atoms with Crippen LogP contribution in [0.1, 0.15) is 0 Å². The third-order valence-corrected chi connectivity index (χ3v) is 4.95. The summed E-state index contributed by atoms with van der Waals surface area (Å²) in [6, 6.07) is 6.17. The van der Waals surface area contributed by atoms with Crippen molar-refractivity contribution in [1.82, 2.24) is 4.90 Å². The molecular formula is C13H21N4O3S2+. The molecule has 1 aliphatic rings. The van der Waals surface area contributed by atoms with Gasteiger partial charge in [0, 0.05) is 5.69 Å². The van der Waals surface area contributed by atoms with Gasteiger partial charge in [-0.2, -0.15) is 0 Å². The number of benzene rings is 1. The maximum absolute atomic E-state index is 11.2. The van der Waals surface area contributed by atoms with Crippen molar-refractivity contribution in [2.24, 2.45) is 5.14 Å². The number of nitrogens with two attached hydrogens (primary N) is 1. The minimum atomic E-state index is -3.67. The highest BCUT2D eigenvalue weighted by molar-refractivity contribution is 7.89. The number of aliphatic hydroxyl groups is 1. The number of aliphatic hydroxyl groups excluding tert-OH is 1. The van der Waals surface area contributed by atoms with Gasteiger partial charge in [0.1, 0.15) is 6.54 Å². The van der Waals surface area contributed by atoms with Gasteiger partial charge in [-0.3, -0.25) is 0 Å². The van der Waals surface area contributed by atoms with Crippen LogP contribution in [0.5, 0.6) is 0 Å². The van der Waals surface area contributed by atoms with E-state index in [1.165, 1.54) is 17.0 Å². The quantitative estimate of drug-likeness (QED) is 0.482. The average molecular weight is 345 g/mol. The lowest BCUT2D eigenvalue weighted by Crippen LogP contribution is -3.15. The molecule has 0 unspecified atom stereocenters. The zero-order chi connectivity index (χ0) is 16.2. The number of nitrogens with zero attached hydrogens (tertiary/aromatic N) is 1. The van der Waals surface area contributed by atoms with Gasteiger partial charge < -0.3 is 20.2 Å². The van der Waals surface area contributed by atoms with Crippen LogP contribution < -0.4 is 15.4 Å². The van der Waals surface area contributed by atoms with Crippen LogP contribution in [-0.2, 0) is 10.0 Å². The Labute approximate surface area is 135 Å². The number of hydrogen-bond acceptors (Lipinski definition) is 4. The molecule has 7 nitrogen and oxygen atoms in total. The number of primary sulfonamides is 1. The summed E-state index contributed by atoms with van der Waals surface area (Å²) in [6.07, 6.45) is 0. The van der Waals surface area contributed by atoms with E-state index in [4.69, 9.17) is 22.5 Å². The third-order valence-electron chi connectivity index (χ3n) is 3.66. The van der Waals surface area contributed by atoms with Crippen LogP contribution in [0.2, 0.25) is 0 Å². The molecule has 122 valence electrons. The van der Waals surface area contributed by atoms with Gasteiger partial charge in [0.2, 0.25) is 10.0 Å². The number of anilines is 1. The normalized spacial score (nSPS) is 16.5. The Morgan fingerprint density at radius 2 is 1.91 bits per heavy atom. The topological polar surface area (TPSA) is 100 Å². The zero-order valence-corrected chi connectivity index (χ0v) is 13.8. The number of sulfonamides is 1. The van der Waals surface area contributed by atoms with Gasteiger partial charge in [0.05, 0.1) is 37.7 Å². The summed E-state index contributed by atoms with van der Waals surface area (Å²) in [5.41, 5.74) is 0.725. The first kappa shape index (κ1) is 17.1. The summed E-state index contributed by atoms with van der Waals surface area (Å²) in [4.78, 5) is 3.52. The summed E-state index contributed by atoms with van der Waals surface area (Å²) in [6.45, 7) is 4.50. The van der Waals surface area contributed by atoms with E-state index in [0.29, 0.717) is 5.11 Å². The van der Waals surface area contributed by atoms with E-state index < -0.39 is 10.0 Å². The standard InChI is InChI=1S/C13H20N4O3S2/c14-22(19,20)12-3-1-11(2-4-12)15-13(21)17-7-5-16(6-8-17)9-10-18/h1-4,18H,5-10H2,(H,15,21)(H2,14,19,20)/p+1. The molecule has 0 bridgehead atoms. The monoisotopic (exact) mass is 345 g/mol. The molecule has 1 heterocycles. The van der Waals surface area contributed by atoms with E-state index in [1.54, 1.807) is 12.1 Å². The van der Waals surface area contributed by atoms with E-state index in [2.05, 4.69) is 10.2 Å². The van der Waals surface area contributed by atoms with Crippen LogP contribution in [0.15, 0.2) is 29.2 Å². The third kappa shape index (κ3) is 4.62. The summed E-state index contributed by atoms with van der Waals surface area (Å²) in [5, 5.41) is 17.7. The number of nitrogens with one attached hydrogen (secondary N) is 2. The lowest BCUT2D eigenvalue weighted by molar-refractivity contribution is -0.904. The van der Waals surface area contributed by atoms with Crippen molar-refractivity contribution < 1.29 is 18.4 Å². The second-order valence-electron chi connectivity index (χ2n) is 5.21. The molecule has 0 amide bonds. The van der Waals surface area contributed by atoms with Crippen LogP contribution >= 0.6 is 12.2 Å². The Balaban J connectivity index is 1.90. The van der Waals surface area contributed by atoms with Gasteiger partial charge in [-0.05, 0) is 36.5 Å². The van der Waals surface area contributed by atoms with E-state index >= 15 is 0 Å². The highest BCUT2D eigenvalue weighted by atomic mass is 32.2. The van der Waals surface area contributed by atoms with Gasteiger partial charge in [0.15, 0.2) is 5.11 Å². The van der Waals surface area contributed by atoms with Crippen LogP contribution in [0.25, 0.3) is 0 Å². The van der Waals surface area contributed by atoms with E-state index in [9.17, 15) is 8.42 Å². The van der Waals surface area contributed by atoms with Gasteiger partial charge in [-0.25, -0.2) is 13.6 Å². The van der Waals surface area contributed by atoms with Crippen molar-refractivity contribution in [2.45, 2.75) is 4.90 Å². The lowest BCUT2D eigenvalue weighted by Gasteiger charge is -2.33. The Morgan fingerprint density at radius 3 is 2.41 bits per heavy atom. The molecule has 9 heteroatoms. The highest BCUT2D eigenvalue weighted by Crippen LogP contribution is 2.13. The van der Waals surface area contributed by atoms with E-state index in [1.807, 2.05) is 0 Å². The maximum atomic E-state index is 11.2. The Morgan fingerprint density at radius 1 is 1.32 bits per heavy atom. The molecule has 2 rings (SSSR count). The van der Waals surface area contributed by atoms with Gasteiger partial charge in [-0.1, -0.05) is 0 Å². The molecule has 0 saturated carbocycles. The average Bonchev–Trinajstić information content (AvgIpc) is 2.48. The molecule has 0 radical (unpaired) electrons. The summed E-state index contributed by atoms with van der Waals surface area (Å²) < 4.78 is 22.4. The molecule has 22 heavy (non-hydrogen) atoms. The first-order chi connectivity index (χ1) is 10.4. The van der Waals surface area contributed by atoms with Crippen molar-refractivity contribution in [2.75, 3.05) is 44.6 Å². The molecule has 1 saturated heterocycles. The van der Waals surface area contributed by atoms with Crippen LogP contribution in [0.3, 0.4) is 0 Å². The smallest absolute Gasteiger partial charge is 0.238 e. The fourth-order valence-corrected chi connectivity index (χ4v) is 3.18. The fraction of sp³-hybridized carbons (Fsp3) is 0.462. The van der Waals surface area contributed by atoms with Gasteiger partial charge >= 0.3 is 0 Å². The molecule has 5 N–H and O–H groups in total. The van der Waals surface area contributed by atoms with E-state index in [-0.39, 0.29) is 11.5 Å². The Kier molecular flexibility index (Phi) is 5.70. The highest BCUT2D eigenvalue weighted by Gasteiger charge is 2.21. The SMILES string of the molecule is NS(=O)(=O)c1ccc(NC(=S)N2CC[NH+](CCO)CC2)cc1. The molecule has 0 aromatic heterocycles. The van der Waals surface area contributed by atoms with Crippen LogP contribution in [0, 0.1) is 0 Å². The minimum absolute atomic E-state index is 0.0742. The summed E-state index contributed by atoms with van der Waals surface area (Å²) in [7, 11) is -3.67. The van der Waals surface area contributed by atoms with Crippen molar-refractivity contribution in [3.63, 3.8) is 0 Å². The van der Waals surface area contributed by atoms with Crippen molar-refractivity contribution >= 4 is 33.0 Å². The first-order valence-corrected chi connectivity index (χ1v) is 8.99. The van der Waals surface area contributed by atoms with Gasteiger partial charge in [0.25, 0.3) is 0 Å². The van der Waals surface area contributed by atoms with Gasteiger partial charge in [-0.15, -0.1) is 0 Å². The Bertz CT molecular complexity index is 611. The maximum Gasteiger partial charge on any atom is 0.238 e. The number of hydrogen-bond donors (Lipinski definition) is 4. The molecule has 1 aromatic carbocycles. The molecule has 0 spiro atoms. The van der Waals surface area contributed by atoms with Crippen LogP contribution in [0.4, 0.5) is 5.69 Å². The first-order valence-electron chi connectivity index (χ1n) is 7.03. The van der Waals surface area contributed by atoms with Crippen molar-refractivity contribution in [3.8, 4) is 0 Å². The molecule has 0 atom stereocenters. The largest absolute Gasteiger partial charge is 0.391 e. The fourth-order valence-electron chi connectivity index (χ4n) is 2.36.